The Morgan fingerprint density at radius 1 is 1.16 bits per heavy atom. The van der Waals surface area contributed by atoms with Crippen molar-refractivity contribution in [1.82, 2.24) is 9.80 Å². The van der Waals surface area contributed by atoms with E-state index in [2.05, 4.69) is 0 Å². The van der Waals surface area contributed by atoms with Crippen LogP contribution in [0, 0.1) is 13.8 Å². The Kier molecular flexibility index (Phi) is 7.42. The fourth-order valence-corrected chi connectivity index (χ4v) is 2.65. The number of carboxylic acid groups (broad SMARTS) is 1. The van der Waals surface area contributed by atoms with Crippen LogP contribution in [-0.2, 0) is 14.4 Å². The zero-order valence-electron chi connectivity index (χ0n) is 15.4. The van der Waals surface area contributed by atoms with E-state index in [9.17, 15) is 9.59 Å². The van der Waals surface area contributed by atoms with Crippen molar-refractivity contribution in [2.75, 3.05) is 20.2 Å². The number of carbonyl (C=O) groups is 3. The van der Waals surface area contributed by atoms with Crippen molar-refractivity contribution in [1.29, 1.82) is 0 Å². The molecule has 0 radical (unpaired) electrons. The number of piperazine rings is 1. The second-order valence-corrected chi connectivity index (χ2v) is 5.98. The molecule has 1 heterocycles. The first-order chi connectivity index (χ1) is 11.8. The van der Waals surface area contributed by atoms with Crippen molar-refractivity contribution in [2.24, 2.45) is 0 Å². The molecule has 2 amide bonds. The lowest BCUT2D eigenvalue weighted by Crippen LogP contribution is -2.62. The number of aryl methyl sites for hydroxylation is 1. The average Bonchev–Trinajstić information content (AvgIpc) is 2.58. The van der Waals surface area contributed by atoms with Crippen LogP contribution in [0.1, 0.15) is 25.0 Å². The number of carbonyl (C=O) groups excluding carboxylic acids is 2. The van der Waals surface area contributed by atoms with E-state index < -0.39 is 12.1 Å². The van der Waals surface area contributed by atoms with Crippen LogP contribution < -0.4 is 4.74 Å². The molecule has 0 unspecified atom stereocenters. The Bertz CT molecular complexity index is 632. The van der Waals surface area contributed by atoms with Crippen LogP contribution in [0.25, 0.3) is 0 Å². The molecule has 1 N–H and O–H groups in total. The Morgan fingerprint density at radius 2 is 1.76 bits per heavy atom. The molecule has 0 saturated carbocycles. The minimum absolute atomic E-state index is 0.0286. The van der Waals surface area contributed by atoms with Crippen molar-refractivity contribution < 1.29 is 24.2 Å². The van der Waals surface area contributed by atoms with Crippen molar-refractivity contribution in [2.45, 2.75) is 39.8 Å². The highest BCUT2D eigenvalue weighted by atomic mass is 16.5. The van der Waals surface area contributed by atoms with Crippen LogP contribution in [0.15, 0.2) is 18.2 Å². The van der Waals surface area contributed by atoms with Gasteiger partial charge in [-0.25, -0.2) is 0 Å². The summed E-state index contributed by atoms with van der Waals surface area (Å²) >= 11 is 0. The van der Waals surface area contributed by atoms with E-state index >= 15 is 0 Å². The summed E-state index contributed by atoms with van der Waals surface area (Å²) in [5.41, 5.74) is 2.27. The predicted molar refractivity (Wildman–Crippen MR) is 93.5 cm³/mol. The number of likely N-dealkylation sites (N-methyl/N-ethyl adjacent to an activating group) is 1. The van der Waals surface area contributed by atoms with Crippen LogP contribution in [-0.4, -0.2) is 65.5 Å². The standard InChI is InChI=1S/C17H24N2O3.CH2O2/c1-11-7-6-8-15(12(11)2)22-10-9-19-14(4)16(20)18(5)13(3)17(19)21;2-1-3/h6-8,13-14H,9-10H2,1-5H3;1H,(H,2,3)/t13-,14-;/m0./s1. The molecule has 1 fully saturated rings. The molecule has 7 heteroatoms. The predicted octanol–water partition coefficient (Wildman–Crippen LogP) is 1.46. The maximum absolute atomic E-state index is 12.3. The van der Waals surface area contributed by atoms with Crippen molar-refractivity contribution >= 4 is 18.3 Å². The van der Waals surface area contributed by atoms with Crippen LogP contribution >= 0.6 is 0 Å². The lowest BCUT2D eigenvalue weighted by Gasteiger charge is -2.41. The number of hydrogen-bond acceptors (Lipinski definition) is 4. The number of amides is 2. The number of nitrogens with zero attached hydrogens (tertiary/aromatic N) is 2. The highest BCUT2D eigenvalue weighted by molar-refractivity contribution is 5.96. The lowest BCUT2D eigenvalue weighted by molar-refractivity contribution is -0.158. The van der Waals surface area contributed by atoms with Crippen molar-refractivity contribution in [3.05, 3.63) is 29.3 Å². The maximum atomic E-state index is 12.3. The Morgan fingerprint density at radius 3 is 2.36 bits per heavy atom. The molecule has 2 rings (SSSR count). The van der Waals surface area contributed by atoms with Gasteiger partial charge in [0.25, 0.3) is 6.47 Å². The molecular formula is C18H26N2O5. The van der Waals surface area contributed by atoms with Gasteiger partial charge in [-0.15, -0.1) is 0 Å². The molecule has 7 nitrogen and oxygen atoms in total. The molecule has 0 bridgehead atoms. The average molecular weight is 350 g/mol. The molecule has 0 aromatic heterocycles. The Labute approximate surface area is 148 Å². The molecule has 1 aliphatic rings. The molecule has 1 aromatic carbocycles. The molecule has 2 atom stereocenters. The zero-order chi connectivity index (χ0) is 19.1. The second kappa shape index (κ2) is 9.05. The Hall–Kier alpha value is -2.57. The summed E-state index contributed by atoms with van der Waals surface area (Å²) in [6.45, 7) is 8.11. The lowest BCUT2D eigenvalue weighted by atomic mass is 10.1. The molecule has 25 heavy (non-hydrogen) atoms. The van der Waals surface area contributed by atoms with Gasteiger partial charge in [0.2, 0.25) is 11.8 Å². The van der Waals surface area contributed by atoms with Crippen molar-refractivity contribution in [3.8, 4) is 5.75 Å². The first-order valence-corrected chi connectivity index (χ1v) is 8.10. The van der Waals surface area contributed by atoms with Gasteiger partial charge in [-0.3, -0.25) is 14.4 Å². The molecule has 1 aromatic rings. The van der Waals surface area contributed by atoms with E-state index in [0.29, 0.717) is 13.2 Å². The quantitative estimate of drug-likeness (QED) is 0.831. The third-order valence-corrected chi connectivity index (χ3v) is 4.54. The van der Waals surface area contributed by atoms with Gasteiger partial charge in [0.15, 0.2) is 0 Å². The van der Waals surface area contributed by atoms with Crippen molar-refractivity contribution in [3.63, 3.8) is 0 Å². The van der Waals surface area contributed by atoms with E-state index in [1.54, 1.807) is 25.8 Å². The maximum Gasteiger partial charge on any atom is 0.290 e. The van der Waals surface area contributed by atoms with Gasteiger partial charge < -0.3 is 19.6 Å². The number of hydrogen-bond donors (Lipinski definition) is 1. The molecule has 0 aliphatic carbocycles. The summed E-state index contributed by atoms with van der Waals surface area (Å²) in [7, 11) is 1.67. The SMILES string of the molecule is Cc1cccc(OCCN2C(=O)[C@H](C)N(C)C(=O)[C@@H]2C)c1C.O=CO. The molecule has 0 spiro atoms. The number of ether oxygens (including phenoxy) is 1. The number of benzene rings is 1. The van der Waals surface area contributed by atoms with Gasteiger partial charge in [-0.2, -0.15) is 0 Å². The van der Waals surface area contributed by atoms with E-state index in [0.717, 1.165) is 11.3 Å². The van der Waals surface area contributed by atoms with Gasteiger partial charge in [-0.1, -0.05) is 12.1 Å². The molecule has 1 aliphatic heterocycles. The smallest absolute Gasteiger partial charge is 0.290 e. The molecular weight excluding hydrogens is 324 g/mol. The summed E-state index contributed by atoms with van der Waals surface area (Å²) < 4.78 is 5.80. The highest BCUT2D eigenvalue weighted by Gasteiger charge is 2.39. The van der Waals surface area contributed by atoms with E-state index in [-0.39, 0.29) is 18.3 Å². The summed E-state index contributed by atoms with van der Waals surface area (Å²) in [5.74, 6) is 0.770. The summed E-state index contributed by atoms with van der Waals surface area (Å²) in [5, 5.41) is 6.89. The van der Waals surface area contributed by atoms with E-state index in [1.807, 2.05) is 32.0 Å². The Balaban J connectivity index is 0.000000970. The minimum atomic E-state index is -0.434. The van der Waals surface area contributed by atoms with Gasteiger partial charge in [0.1, 0.15) is 24.4 Å². The van der Waals surface area contributed by atoms with E-state index in [1.165, 1.54) is 10.5 Å². The summed E-state index contributed by atoms with van der Waals surface area (Å²) in [6, 6.07) is 5.06. The third kappa shape index (κ3) is 4.71. The van der Waals surface area contributed by atoms with Crippen LogP contribution in [0.2, 0.25) is 0 Å². The van der Waals surface area contributed by atoms with Gasteiger partial charge in [0, 0.05) is 7.05 Å². The fourth-order valence-electron chi connectivity index (χ4n) is 2.65. The van der Waals surface area contributed by atoms with E-state index in [4.69, 9.17) is 14.6 Å². The van der Waals surface area contributed by atoms with Crippen LogP contribution in [0.3, 0.4) is 0 Å². The molecule has 138 valence electrons. The normalized spacial score (nSPS) is 20.0. The summed E-state index contributed by atoms with van der Waals surface area (Å²) in [6.07, 6.45) is 0. The van der Waals surface area contributed by atoms with Crippen LogP contribution in [0.5, 0.6) is 5.75 Å². The van der Waals surface area contributed by atoms with Crippen LogP contribution in [0.4, 0.5) is 0 Å². The summed E-state index contributed by atoms with van der Waals surface area (Å²) in [4.78, 5) is 35.9. The first kappa shape index (κ1) is 20.5. The second-order valence-electron chi connectivity index (χ2n) is 5.98. The first-order valence-electron chi connectivity index (χ1n) is 8.10. The van der Waals surface area contributed by atoms with Gasteiger partial charge >= 0.3 is 0 Å². The zero-order valence-corrected chi connectivity index (χ0v) is 15.4. The highest BCUT2D eigenvalue weighted by Crippen LogP contribution is 2.21. The topological polar surface area (TPSA) is 87.2 Å². The largest absolute Gasteiger partial charge is 0.491 e. The number of rotatable bonds is 4. The minimum Gasteiger partial charge on any atom is -0.491 e. The van der Waals surface area contributed by atoms with Gasteiger partial charge in [-0.05, 0) is 44.9 Å². The monoisotopic (exact) mass is 350 g/mol. The fraction of sp³-hybridized carbons (Fsp3) is 0.500. The third-order valence-electron chi connectivity index (χ3n) is 4.54. The molecule has 1 saturated heterocycles. The van der Waals surface area contributed by atoms with Gasteiger partial charge in [0.05, 0.1) is 6.54 Å².